The van der Waals surface area contributed by atoms with Crippen molar-refractivity contribution in [2.24, 2.45) is 11.5 Å². The minimum atomic E-state index is -1.02. The first kappa shape index (κ1) is 28.3. The van der Waals surface area contributed by atoms with Crippen LogP contribution in [0.1, 0.15) is 37.3 Å². The maximum Gasteiger partial charge on any atom is 0.243 e. The molecule has 0 unspecified atom stereocenters. The molecule has 0 radical (unpaired) electrons. The summed E-state index contributed by atoms with van der Waals surface area (Å²) in [5, 5.41) is 17.5. The highest BCUT2D eigenvalue weighted by Crippen LogP contribution is 2.12. The van der Waals surface area contributed by atoms with Gasteiger partial charge in [0.15, 0.2) is 0 Å². The molecule has 0 heterocycles. The van der Waals surface area contributed by atoms with Gasteiger partial charge in [-0.3, -0.25) is 19.2 Å². The first-order valence-corrected chi connectivity index (χ1v) is 11.9. The number of carbonyl (C=O) groups excluding carboxylic acids is 4. The maximum absolute atomic E-state index is 13.2. The van der Waals surface area contributed by atoms with Crippen molar-refractivity contribution in [1.29, 1.82) is 0 Å². The van der Waals surface area contributed by atoms with E-state index in [1.165, 1.54) is 19.1 Å². The molecule has 3 atom stereocenters. The summed E-state index contributed by atoms with van der Waals surface area (Å²) in [5.74, 6) is -2.13. The first-order valence-electron chi connectivity index (χ1n) is 11.9. The molecular formula is C26H35N5O5. The van der Waals surface area contributed by atoms with Gasteiger partial charge in [-0.2, -0.15) is 0 Å². The van der Waals surface area contributed by atoms with Crippen LogP contribution in [0, 0.1) is 0 Å². The normalized spacial score (nSPS) is 13.2. The van der Waals surface area contributed by atoms with Gasteiger partial charge in [-0.05, 0) is 49.1 Å². The standard InChI is InChI=1S/C26H35N5O5/c1-17(32)29-22(16-19-10-12-20(33)13-11-19)25(35)31-23(15-18-7-3-2-4-8-18)26(36)30-21(24(28)34)9-5-6-14-27/h2-4,7-8,10-13,21-23,33H,5-6,9,14-16,27H2,1H3,(H2,28,34)(H,29,32)(H,30,36)(H,31,35)/t21-,22-,23-/m0/s1. The van der Waals surface area contributed by atoms with Crippen LogP contribution in [0.25, 0.3) is 0 Å². The van der Waals surface area contributed by atoms with Crippen LogP contribution in [0.5, 0.6) is 5.75 Å². The summed E-state index contributed by atoms with van der Waals surface area (Å²) in [5.41, 5.74) is 12.5. The zero-order valence-electron chi connectivity index (χ0n) is 20.4. The molecule has 2 aromatic rings. The van der Waals surface area contributed by atoms with Gasteiger partial charge in [0.05, 0.1) is 0 Å². The predicted octanol–water partition coefficient (Wildman–Crippen LogP) is 0.266. The second kappa shape index (κ2) is 14.5. The number of aromatic hydroxyl groups is 1. The van der Waals surface area contributed by atoms with Crippen molar-refractivity contribution in [3.05, 3.63) is 65.7 Å². The van der Waals surface area contributed by atoms with E-state index in [4.69, 9.17) is 11.5 Å². The number of hydrogen-bond acceptors (Lipinski definition) is 6. The van der Waals surface area contributed by atoms with Gasteiger partial charge in [-0.15, -0.1) is 0 Å². The molecule has 0 aromatic heterocycles. The molecule has 0 aliphatic rings. The third kappa shape index (κ3) is 9.75. The number of amides is 4. The Balaban J connectivity index is 2.22. The lowest BCUT2D eigenvalue weighted by atomic mass is 10.0. The van der Waals surface area contributed by atoms with E-state index in [1.54, 1.807) is 12.1 Å². The van der Waals surface area contributed by atoms with E-state index >= 15 is 0 Å². The molecule has 8 N–H and O–H groups in total. The summed E-state index contributed by atoms with van der Waals surface area (Å²) in [4.78, 5) is 50.1. The Labute approximate surface area is 210 Å². The van der Waals surface area contributed by atoms with Crippen LogP contribution >= 0.6 is 0 Å². The molecule has 0 bridgehead atoms. The zero-order valence-corrected chi connectivity index (χ0v) is 20.4. The van der Waals surface area contributed by atoms with E-state index in [-0.39, 0.29) is 18.6 Å². The molecule has 0 aliphatic heterocycles. The molecule has 0 saturated heterocycles. The molecule has 10 heteroatoms. The van der Waals surface area contributed by atoms with E-state index in [0.717, 1.165) is 5.56 Å². The predicted molar refractivity (Wildman–Crippen MR) is 136 cm³/mol. The Hall–Kier alpha value is -3.92. The lowest BCUT2D eigenvalue weighted by Gasteiger charge is -2.25. The van der Waals surface area contributed by atoms with Crippen molar-refractivity contribution in [2.45, 2.75) is 57.2 Å². The van der Waals surface area contributed by atoms with Gasteiger partial charge in [0, 0.05) is 19.8 Å². The molecule has 0 saturated carbocycles. The Morgan fingerprint density at radius 1 is 0.778 bits per heavy atom. The third-order valence-electron chi connectivity index (χ3n) is 5.59. The van der Waals surface area contributed by atoms with Crippen molar-refractivity contribution >= 4 is 23.6 Å². The maximum atomic E-state index is 13.2. The molecule has 0 fully saturated rings. The zero-order chi connectivity index (χ0) is 26.5. The van der Waals surface area contributed by atoms with Gasteiger partial charge in [0.1, 0.15) is 23.9 Å². The van der Waals surface area contributed by atoms with Crippen molar-refractivity contribution in [3.8, 4) is 5.75 Å². The van der Waals surface area contributed by atoms with Gasteiger partial charge in [-0.25, -0.2) is 0 Å². The SMILES string of the molecule is CC(=O)N[C@@H](Cc1ccc(O)cc1)C(=O)N[C@@H](Cc1ccccc1)C(=O)N[C@@H](CCCCN)C(N)=O. The smallest absolute Gasteiger partial charge is 0.243 e. The van der Waals surface area contributed by atoms with Crippen molar-refractivity contribution in [3.63, 3.8) is 0 Å². The fourth-order valence-electron chi connectivity index (χ4n) is 3.70. The average Bonchev–Trinajstić information content (AvgIpc) is 2.84. The molecule has 10 nitrogen and oxygen atoms in total. The minimum absolute atomic E-state index is 0.0781. The van der Waals surface area contributed by atoms with E-state index in [9.17, 15) is 24.3 Å². The number of benzene rings is 2. The van der Waals surface area contributed by atoms with Crippen LogP contribution in [0.3, 0.4) is 0 Å². The van der Waals surface area contributed by atoms with E-state index < -0.39 is 41.8 Å². The summed E-state index contributed by atoms with van der Waals surface area (Å²) in [7, 11) is 0. The van der Waals surface area contributed by atoms with Gasteiger partial charge >= 0.3 is 0 Å². The number of rotatable bonds is 14. The number of nitrogens with one attached hydrogen (secondary N) is 3. The van der Waals surface area contributed by atoms with E-state index in [0.29, 0.717) is 31.4 Å². The van der Waals surface area contributed by atoms with Crippen molar-refractivity contribution in [1.82, 2.24) is 16.0 Å². The fraction of sp³-hybridized carbons (Fsp3) is 0.385. The third-order valence-corrected chi connectivity index (χ3v) is 5.59. The number of phenols is 1. The van der Waals surface area contributed by atoms with Gasteiger partial charge in [-0.1, -0.05) is 42.5 Å². The summed E-state index contributed by atoms with van der Waals surface area (Å²) in [6.07, 6.45) is 1.93. The molecule has 2 aromatic carbocycles. The molecule has 194 valence electrons. The lowest BCUT2D eigenvalue weighted by molar-refractivity contribution is -0.133. The highest BCUT2D eigenvalue weighted by Gasteiger charge is 2.29. The number of unbranched alkanes of at least 4 members (excludes halogenated alkanes) is 1. The number of hydrogen-bond donors (Lipinski definition) is 6. The van der Waals surface area contributed by atoms with E-state index in [2.05, 4.69) is 16.0 Å². The fourth-order valence-corrected chi connectivity index (χ4v) is 3.70. The molecule has 36 heavy (non-hydrogen) atoms. The van der Waals surface area contributed by atoms with Crippen LogP contribution in [0.15, 0.2) is 54.6 Å². The summed E-state index contributed by atoms with van der Waals surface area (Å²) in [6.45, 7) is 1.75. The number of nitrogens with two attached hydrogens (primary N) is 2. The number of phenolic OH excluding ortho intramolecular Hbond substituents is 1. The molecule has 2 rings (SSSR count). The number of primary amides is 1. The highest BCUT2D eigenvalue weighted by molar-refractivity contribution is 5.94. The Morgan fingerprint density at radius 2 is 1.31 bits per heavy atom. The first-order chi connectivity index (χ1) is 17.2. The second-order valence-corrected chi connectivity index (χ2v) is 8.62. The van der Waals surface area contributed by atoms with Gasteiger partial charge in [0.25, 0.3) is 0 Å². The summed E-state index contributed by atoms with van der Waals surface area (Å²) >= 11 is 0. The Bertz CT molecular complexity index is 1010. The van der Waals surface area contributed by atoms with Crippen molar-refractivity contribution < 1.29 is 24.3 Å². The van der Waals surface area contributed by atoms with Crippen molar-refractivity contribution in [2.75, 3.05) is 6.54 Å². The van der Waals surface area contributed by atoms with Crippen LogP contribution in [0.2, 0.25) is 0 Å². The average molecular weight is 498 g/mol. The van der Waals surface area contributed by atoms with Gasteiger partial charge < -0.3 is 32.5 Å². The van der Waals surface area contributed by atoms with Crippen LogP contribution in [0.4, 0.5) is 0 Å². The van der Waals surface area contributed by atoms with Gasteiger partial charge in [0.2, 0.25) is 23.6 Å². The topological polar surface area (TPSA) is 177 Å². The van der Waals surface area contributed by atoms with Crippen LogP contribution in [-0.4, -0.2) is 53.4 Å². The monoisotopic (exact) mass is 497 g/mol. The van der Waals surface area contributed by atoms with Crippen LogP contribution in [-0.2, 0) is 32.0 Å². The lowest BCUT2D eigenvalue weighted by Crippen LogP contribution is -2.57. The quantitative estimate of drug-likeness (QED) is 0.204. The second-order valence-electron chi connectivity index (χ2n) is 8.62. The largest absolute Gasteiger partial charge is 0.508 e. The summed E-state index contributed by atoms with van der Waals surface area (Å²) < 4.78 is 0. The summed E-state index contributed by atoms with van der Waals surface area (Å²) in [6, 6.07) is 12.5. The Morgan fingerprint density at radius 3 is 1.83 bits per heavy atom. The minimum Gasteiger partial charge on any atom is -0.508 e. The molecule has 4 amide bonds. The molecular weight excluding hydrogens is 462 g/mol. The molecule has 0 aliphatic carbocycles. The van der Waals surface area contributed by atoms with Crippen LogP contribution < -0.4 is 27.4 Å². The number of carbonyl (C=O) groups is 4. The highest BCUT2D eigenvalue weighted by atomic mass is 16.3. The Kier molecular flexibility index (Phi) is 11.4. The van der Waals surface area contributed by atoms with E-state index in [1.807, 2.05) is 30.3 Å². The molecule has 0 spiro atoms.